The number of aromatic nitrogens is 1. The largest absolute Gasteiger partial charge is 0.311 e. The molecule has 0 saturated carbocycles. The number of alkyl halides is 1. The zero-order chi connectivity index (χ0) is 11.7. The van der Waals surface area contributed by atoms with Crippen molar-refractivity contribution in [1.29, 1.82) is 0 Å². The average molecular weight is 304 g/mol. The summed E-state index contributed by atoms with van der Waals surface area (Å²) in [6.07, 6.45) is 2.27. The van der Waals surface area contributed by atoms with Crippen LogP contribution in [0.5, 0.6) is 0 Å². The molecular formula is C11H12BrClN2O. The molecule has 1 unspecified atom stereocenters. The van der Waals surface area contributed by atoms with Gasteiger partial charge >= 0.3 is 0 Å². The molecule has 1 atom stereocenters. The zero-order valence-electron chi connectivity index (χ0n) is 8.91. The molecule has 5 heteroatoms. The second kappa shape index (κ2) is 4.72. The second-order valence-corrected chi connectivity index (χ2v) is 5.15. The maximum Gasteiger partial charge on any atom is 0.227 e. The lowest BCUT2D eigenvalue weighted by molar-refractivity contribution is -0.117. The monoisotopic (exact) mass is 302 g/mol. The number of anilines is 1. The molecule has 0 radical (unpaired) electrons. The highest BCUT2D eigenvalue weighted by atomic mass is 79.9. The number of amides is 1. The van der Waals surface area contributed by atoms with Crippen LogP contribution in [0.25, 0.3) is 0 Å². The number of rotatable bonds is 2. The van der Waals surface area contributed by atoms with Crippen molar-refractivity contribution >= 4 is 39.1 Å². The Morgan fingerprint density at radius 3 is 3.00 bits per heavy atom. The molecule has 1 amide bonds. The fraction of sp³-hybridized carbons (Fsp3) is 0.455. The topological polar surface area (TPSA) is 33.2 Å². The fourth-order valence-corrected chi connectivity index (χ4v) is 2.32. The van der Waals surface area contributed by atoms with Crippen LogP contribution in [-0.2, 0) is 4.79 Å². The normalized spacial score (nSPS) is 20.6. The van der Waals surface area contributed by atoms with Crippen LogP contribution in [0.4, 0.5) is 5.69 Å². The van der Waals surface area contributed by atoms with Crippen LogP contribution < -0.4 is 4.90 Å². The van der Waals surface area contributed by atoms with Crippen molar-refractivity contribution in [1.82, 2.24) is 4.98 Å². The highest BCUT2D eigenvalue weighted by Gasteiger charge is 2.30. The Labute approximate surface area is 108 Å². The van der Waals surface area contributed by atoms with Crippen molar-refractivity contribution in [3.63, 3.8) is 0 Å². The van der Waals surface area contributed by atoms with Crippen molar-refractivity contribution in [3.8, 4) is 0 Å². The third-order valence-electron chi connectivity index (χ3n) is 2.75. The number of pyridine rings is 1. The van der Waals surface area contributed by atoms with E-state index < -0.39 is 0 Å². The molecule has 1 aliphatic heterocycles. The summed E-state index contributed by atoms with van der Waals surface area (Å²) in [7, 11) is 0. The first-order valence-electron chi connectivity index (χ1n) is 5.10. The zero-order valence-corrected chi connectivity index (χ0v) is 11.3. The molecule has 0 N–H and O–H groups in total. The van der Waals surface area contributed by atoms with Crippen LogP contribution >= 0.6 is 27.5 Å². The van der Waals surface area contributed by atoms with E-state index in [0.717, 1.165) is 15.9 Å². The predicted molar refractivity (Wildman–Crippen MR) is 67.9 cm³/mol. The summed E-state index contributed by atoms with van der Waals surface area (Å²) in [5.74, 6) is 0.917. The van der Waals surface area contributed by atoms with E-state index in [9.17, 15) is 4.79 Å². The van der Waals surface area contributed by atoms with E-state index in [4.69, 9.17) is 11.6 Å². The van der Waals surface area contributed by atoms with Gasteiger partial charge in [0.1, 0.15) is 0 Å². The maximum atomic E-state index is 11.8. The number of nitrogens with zero attached hydrogens (tertiary/aromatic N) is 2. The molecule has 16 heavy (non-hydrogen) atoms. The lowest BCUT2D eigenvalue weighted by Crippen LogP contribution is -2.24. The summed E-state index contributed by atoms with van der Waals surface area (Å²) in [4.78, 5) is 17.8. The van der Waals surface area contributed by atoms with Gasteiger partial charge in [-0.3, -0.25) is 9.78 Å². The average Bonchev–Trinajstić information content (AvgIpc) is 2.64. The van der Waals surface area contributed by atoms with Gasteiger partial charge in [-0.15, -0.1) is 11.6 Å². The molecular weight excluding hydrogens is 291 g/mol. The Morgan fingerprint density at radius 2 is 2.44 bits per heavy atom. The van der Waals surface area contributed by atoms with Gasteiger partial charge in [-0.1, -0.05) is 0 Å². The van der Waals surface area contributed by atoms with Gasteiger partial charge in [-0.2, -0.15) is 0 Å². The number of hydrogen-bond donors (Lipinski definition) is 0. The molecule has 86 valence electrons. The molecule has 1 aliphatic rings. The van der Waals surface area contributed by atoms with Crippen LogP contribution in [0.2, 0.25) is 0 Å². The molecule has 1 aromatic rings. The molecule has 1 aromatic heterocycles. The minimum absolute atomic E-state index is 0.128. The van der Waals surface area contributed by atoms with Crippen LogP contribution in [0, 0.1) is 12.8 Å². The van der Waals surface area contributed by atoms with E-state index in [-0.39, 0.29) is 11.8 Å². The number of carbonyl (C=O) groups is 1. The third-order valence-corrected chi connectivity index (χ3v) is 3.98. The van der Waals surface area contributed by atoms with Gasteiger partial charge in [0.25, 0.3) is 0 Å². The molecule has 1 saturated heterocycles. The second-order valence-electron chi connectivity index (χ2n) is 3.99. The van der Waals surface area contributed by atoms with E-state index in [2.05, 4.69) is 20.9 Å². The minimum Gasteiger partial charge on any atom is -0.311 e. The summed E-state index contributed by atoms with van der Waals surface area (Å²) in [6.45, 7) is 2.61. The van der Waals surface area contributed by atoms with Gasteiger partial charge in [0, 0.05) is 23.3 Å². The van der Waals surface area contributed by atoms with Crippen LogP contribution in [-0.4, -0.2) is 23.3 Å². The summed E-state index contributed by atoms with van der Waals surface area (Å²) in [5, 5.41) is 0. The fourth-order valence-electron chi connectivity index (χ4n) is 1.78. The SMILES string of the molecule is Cc1ncc(N2CC(CCl)CC2=O)cc1Br. The third kappa shape index (κ3) is 2.23. The van der Waals surface area contributed by atoms with Crippen molar-refractivity contribution < 1.29 is 4.79 Å². The van der Waals surface area contributed by atoms with Crippen molar-refractivity contribution in [3.05, 3.63) is 22.4 Å². The summed E-state index contributed by atoms with van der Waals surface area (Å²) in [5.41, 5.74) is 1.76. The Morgan fingerprint density at radius 1 is 1.69 bits per heavy atom. The quantitative estimate of drug-likeness (QED) is 0.787. The number of carbonyl (C=O) groups excluding carboxylic acids is 1. The molecule has 0 spiro atoms. The van der Waals surface area contributed by atoms with Gasteiger partial charge in [0.15, 0.2) is 0 Å². The van der Waals surface area contributed by atoms with E-state index in [1.807, 2.05) is 13.0 Å². The van der Waals surface area contributed by atoms with Crippen molar-refractivity contribution in [2.75, 3.05) is 17.3 Å². The summed E-state index contributed by atoms with van der Waals surface area (Å²) >= 11 is 9.20. The van der Waals surface area contributed by atoms with Gasteiger partial charge in [0.05, 0.1) is 17.6 Å². The van der Waals surface area contributed by atoms with E-state index >= 15 is 0 Å². The highest BCUT2D eigenvalue weighted by Crippen LogP contribution is 2.28. The van der Waals surface area contributed by atoms with Gasteiger partial charge in [-0.25, -0.2) is 0 Å². The maximum absolute atomic E-state index is 11.8. The molecule has 0 aliphatic carbocycles. The lowest BCUT2D eigenvalue weighted by atomic mass is 10.1. The predicted octanol–water partition coefficient (Wildman–Crippen LogP) is 2.74. The smallest absolute Gasteiger partial charge is 0.227 e. The first-order chi connectivity index (χ1) is 7.61. The first-order valence-corrected chi connectivity index (χ1v) is 6.43. The minimum atomic E-state index is 0.128. The van der Waals surface area contributed by atoms with Gasteiger partial charge in [0.2, 0.25) is 5.91 Å². The first kappa shape index (κ1) is 11.9. The van der Waals surface area contributed by atoms with Crippen molar-refractivity contribution in [2.45, 2.75) is 13.3 Å². The standard InChI is InChI=1S/C11H12BrClN2O/c1-7-10(12)3-9(5-14-7)15-6-8(4-13)2-11(15)16/h3,5,8H,2,4,6H2,1H3. The summed E-state index contributed by atoms with van der Waals surface area (Å²) < 4.78 is 0.923. The number of aryl methyl sites for hydroxylation is 1. The molecule has 3 nitrogen and oxygen atoms in total. The number of halogens is 2. The Balaban J connectivity index is 2.24. The molecule has 1 fully saturated rings. The number of hydrogen-bond acceptors (Lipinski definition) is 2. The molecule has 2 heterocycles. The van der Waals surface area contributed by atoms with Gasteiger partial charge < -0.3 is 4.90 Å². The molecule has 0 aromatic carbocycles. The molecule has 2 rings (SSSR count). The van der Waals surface area contributed by atoms with Crippen LogP contribution in [0.1, 0.15) is 12.1 Å². The summed E-state index contributed by atoms with van der Waals surface area (Å²) in [6, 6.07) is 1.93. The Kier molecular flexibility index (Phi) is 3.50. The van der Waals surface area contributed by atoms with Crippen LogP contribution in [0.3, 0.4) is 0 Å². The van der Waals surface area contributed by atoms with Gasteiger partial charge in [-0.05, 0) is 34.8 Å². The van der Waals surface area contributed by atoms with E-state index in [1.54, 1.807) is 11.1 Å². The Hall–Kier alpha value is -0.610. The van der Waals surface area contributed by atoms with E-state index in [0.29, 0.717) is 18.8 Å². The Bertz CT molecular complexity index is 424. The molecule has 0 bridgehead atoms. The van der Waals surface area contributed by atoms with Crippen LogP contribution in [0.15, 0.2) is 16.7 Å². The highest BCUT2D eigenvalue weighted by molar-refractivity contribution is 9.10. The van der Waals surface area contributed by atoms with E-state index in [1.165, 1.54) is 0 Å². The lowest BCUT2D eigenvalue weighted by Gasteiger charge is -2.16. The van der Waals surface area contributed by atoms with Crippen molar-refractivity contribution in [2.24, 2.45) is 5.92 Å².